The first kappa shape index (κ1) is 12.4. The van der Waals surface area contributed by atoms with Gasteiger partial charge in [0.2, 0.25) is 5.91 Å². The van der Waals surface area contributed by atoms with Crippen molar-refractivity contribution in [1.82, 2.24) is 10.6 Å². The Morgan fingerprint density at radius 1 is 1.40 bits per heavy atom. The van der Waals surface area contributed by atoms with Gasteiger partial charge in [-0.2, -0.15) is 0 Å². The van der Waals surface area contributed by atoms with Crippen LogP contribution < -0.4 is 10.6 Å². The summed E-state index contributed by atoms with van der Waals surface area (Å²) < 4.78 is 23.2. The van der Waals surface area contributed by atoms with Gasteiger partial charge in [-0.25, -0.2) is 8.42 Å². The Hall–Kier alpha value is -0.620. The zero-order valence-electron chi connectivity index (χ0n) is 8.95. The van der Waals surface area contributed by atoms with E-state index in [0.29, 0.717) is 0 Å². The molecule has 0 radical (unpaired) electrons. The number of amides is 1. The van der Waals surface area contributed by atoms with Gasteiger partial charge in [0.15, 0.2) is 9.84 Å². The van der Waals surface area contributed by atoms with Crippen molar-refractivity contribution in [2.75, 3.05) is 31.6 Å². The molecule has 0 aromatic rings. The number of sulfone groups is 1. The first-order valence-electron chi connectivity index (χ1n) is 5.15. The Bertz CT molecular complexity index is 307. The minimum Gasteiger partial charge on any atom is -0.358 e. The highest BCUT2D eigenvalue weighted by molar-refractivity contribution is 7.92. The molecule has 1 rings (SSSR count). The third-order valence-corrected chi connectivity index (χ3v) is 4.26. The summed E-state index contributed by atoms with van der Waals surface area (Å²) in [6.45, 7) is 1.75. The maximum atomic E-state index is 11.6. The number of carbonyl (C=O) groups excluding carboxylic acids is 1. The highest BCUT2D eigenvalue weighted by atomic mass is 32.2. The fourth-order valence-corrected chi connectivity index (χ4v) is 3.45. The van der Waals surface area contributed by atoms with Crippen LogP contribution in [0, 0.1) is 5.92 Å². The smallest absolute Gasteiger partial charge is 0.234 e. The van der Waals surface area contributed by atoms with Gasteiger partial charge in [0.25, 0.3) is 0 Å². The number of nitrogens with one attached hydrogen (secondary N) is 2. The van der Waals surface area contributed by atoms with Crippen molar-refractivity contribution < 1.29 is 13.2 Å². The summed E-state index contributed by atoms with van der Waals surface area (Å²) in [6, 6.07) is 0. The Labute approximate surface area is 90.5 Å². The van der Waals surface area contributed by atoms with Gasteiger partial charge in [0.05, 0.1) is 5.75 Å². The monoisotopic (exact) mass is 234 g/mol. The van der Waals surface area contributed by atoms with E-state index in [1.807, 2.05) is 0 Å². The Morgan fingerprint density at radius 2 is 2.00 bits per heavy atom. The molecular formula is C9H18N2O3S. The summed E-state index contributed by atoms with van der Waals surface area (Å²) in [6.07, 6.45) is 1.76. The van der Waals surface area contributed by atoms with E-state index in [9.17, 15) is 13.2 Å². The van der Waals surface area contributed by atoms with Crippen LogP contribution in [0.5, 0.6) is 0 Å². The zero-order valence-corrected chi connectivity index (χ0v) is 9.77. The first-order chi connectivity index (χ1) is 7.03. The van der Waals surface area contributed by atoms with Crippen molar-refractivity contribution >= 4 is 15.7 Å². The summed E-state index contributed by atoms with van der Waals surface area (Å²) in [4.78, 5) is 11.0. The van der Waals surface area contributed by atoms with Gasteiger partial charge in [-0.05, 0) is 31.8 Å². The van der Waals surface area contributed by atoms with Gasteiger partial charge in [-0.15, -0.1) is 0 Å². The summed E-state index contributed by atoms with van der Waals surface area (Å²) in [5.74, 6) is -0.458. The quantitative estimate of drug-likeness (QED) is 0.664. The third kappa shape index (κ3) is 4.61. The molecular weight excluding hydrogens is 216 g/mol. The summed E-state index contributed by atoms with van der Waals surface area (Å²) in [5, 5.41) is 5.51. The van der Waals surface area contributed by atoms with E-state index in [0.717, 1.165) is 25.9 Å². The molecule has 1 heterocycles. The molecule has 15 heavy (non-hydrogen) atoms. The van der Waals surface area contributed by atoms with Crippen molar-refractivity contribution in [2.24, 2.45) is 5.92 Å². The Balaban J connectivity index is 2.44. The van der Waals surface area contributed by atoms with Crippen molar-refractivity contribution in [3.8, 4) is 0 Å². The van der Waals surface area contributed by atoms with E-state index in [1.54, 1.807) is 0 Å². The van der Waals surface area contributed by atoms with Gasteiger partial charge in [-0.3, -0.25) is 4.79 Å². The Kier molecular flexibility index (Phi) is 4.53. The number of carbonyl (C=O) groups is 1. The van der Waals surface area contributed by atoms with Crippen molar-refractivity contribution in [2.45, 2.75) is 12.8 Å². The fourth-order valence-electron chi connectivity index (χ4n) is 1.74. The molecule has 0 spiro atoms. The minimum atomic E-state index is -3.23. The SMILES string of the molecule is CNC(=O)CS(=O)(=O)CC1CCNCC1. The lowest BCUT2D eigenvalue weighted by molar-refractivity contribution is -0.118. The molecule has 1 fully saturated rings. The zero-order chi connectivity index (χ0) is 11.3. The van der Waals surface area contributed by atoms with Crippen LogP contribution in [0.1, 0.15) is 12.8 Å². The lowest BCUT2D eigenvalue weighted by atomic mass is 10.0. The molecule has 0 aromatic carbocycles. The maximum Gasteiger partial charge on any atom is 0.234 e. The van der Waals surface area contributed by atoms with Crippen LogP contribution in [0.3, 0.4) is 0 Å². The summed E-state index contributed by atoms with van der Waals surface area (Å²) in [7, 11) is -1.79. The molecule has 1 aliphatic rings. The molecule has 1 saturated heterocycles. The predicted octanol–water partition coefficient (Wildman–Crippen LogP) is -0.853. The van der Waals surface area contributed by atoms with Gasteiger partial charge < -0.3 is 10.6 Å². The van der Waals surface area contributed by atoms with Gasteiger partial charge in [0, 0.05) is 7.05 Å². The molecule has 1 amide bonds. The van der Waals surface area contributed by atoms with Crippen LogP contribution in [0.15, 0.2) is 0 Å². The highest BCUT2D eigenvalue weighted by Gasteiger charge is 2.23. The van der Waals surface area contributed by atoms with E-state index in [4.69, 9.17) is 0 Å². The summed E-state index contributed by atoms with van der Waals surface area (Å²) >= 11 is 0. The van der Waals surface area contributed by atoms with Crippen LogP contribution >= 0.6 is 0 Å². The maximum absolute atomic E-state index is 11.6. The van der Waals surface area contributed by atoms with Crippen LogP contribution in [0.2, 0.25) is 0 Å². The van der Waals surface area contributed by atoms with E-state index in [2.05, 4.69) is 10.6 Å². The lowest BCUT2D eigenvalue weighted by Gasteiger charge is -2.22. The van der Waals surface area contributed by atoms with Crippen LogP contribution in [-0.4, -0.2) is 46.0 Å². The largest absolute Gasteiger partial charge is 0.358 e. The lowest BCUT2D eigenvalue weighted by Crippen LogP contribution is -2.34. The predicted molar refractivity (Wildman–Crippen MR) is 58.3 cm³/mol. The molecule has 0 bridgehead atoms. The molecule has 6 heteroatoms. The molecule has 0 saturated carbocycles. The van der Waals surface area contributed by atoms with E-state index < -0.39 is 15.7 Å². The normalized spacial score (nSPS) is 18.7. The molecule has 88 valence electrons. The molecule has 0 aliphatic carbocycles. The van der Waals surface area contributed by atoms with E-state index >= 15 is 0 Å². The van der Waals surface area contributed by atoms with E-state index in [-0.39, 0.29) is 17.4 Å². The topological polar surface area (TPSA) is 75.3 Å². The average Bonchev–Trinajstić information content (AvgIpc) is 2.17. The standard InChI is InChI=1S/C9H18N2O3S/c1-10-9(12)7-15(13,14)6-8-2-4-11-5-3-8/h8,11H,2-7H2,1H3,(H,10,12). The highest BCUT2D eigenvalue weighted by Crippen LogP contribution is 2.14. The Morgan fingerprint density at radius 3 is 2.53 bits per heavy atom. The van der Waals surface area contributed by atoms with E-state index in [1.165, 1.54) is 7.05 Å². The molecule has 2 N–H and O–H groups in total. The van der Waals surface area contributed by atoms with Crippen molar-refractivity contribution in [3.05, 3.63) is 0 Å². The molecule has 0 unspecified atom stereocenters. The molecule has 0 atom stereocenters. The van der Waals surface area contributed by atoms with Crippen molar-refractivity contribution in [3.63, 3.8) is 0 Å². The fraction of sp³-hybridized carbons (Fsp3) is 0.889. The molecule has 0 aromatic heterocycles. The second-order valence-corrected chi connectivity index (χ2v) is 6.03. The third-order valence-electron chi connectivity index (χ3n) is 2.58. The number of rotatable bonds is 4. The average molecular weight is 234 g/mol. The van der Waals surface area contributed by atoms with Gasteiger partial charge in [0.1, 0.15) is 5.75 Å². The second-order valence-electron chi connectivity index (χ2n) is 3.92. The number of piperidine rings is 1. The minimum absolute atomic E-state index is 0.141. The number of hydrogen-bond donors (Lipinski definition) is 2. The van der Waals surface area contributed by atoms with Crippen LogP contribution in [-0.2, 0) is 14.6 Å². The second kappa shape index (κ2) is 5.46. The molecule has 5 nitrogen and oxygen atoms in total. The number of hydrogen-bond acceptors (Lipinski definition) is 4. The summed E-state index contributed by atoms with van der Waals surface area (Å²) in [5.41, 5.74) is 0. The molecule has 1 aliphatic heterocycles. The van der Waals surface area contributed by atoms with Crippen molar-refractivity contribution in [1.29, 1.82) is 0 Å². The van der Waals surface area contributed by atoms with Crippen LogP contribution in [0.4, 0.5) is 0 Å². The first-order valence-corrected chi connectivity index (χ1v) is 6.97. The van der Waals surface area contributed by atoms with Gasteiger partial charge >= 0.3 is 0 Å². The van der Waals surface area contributed by atoms with Gasteiger partial charge in [-0.1, -0.05) is 0 Å². The van der Waals surface area contributed by atoms with Crippen LogP contribution in [0.25, 0.3) is 0 Å².